The van der Waals surface area contributed by atoms with Crippen molar-refractivity contribution in [2.24, 2.45) is 11.5 Å². The molecular weight excluding hydrogens is 192 g/mol. The highest BCUT2D eigenvalue weighted by Gasteiger charge is 2.19. The summed E-state index contributed by atoms with van der Waals surface area (Å²) >= 11 is 0. The predicted octanol–water partition coefficient (Wildman–Crippen LogP) is -1.48. The molecule has 0 saturated heterocycles. The van der Waals surface area contributed by atoms with E-state index in [1.807, 2.05) is 6.26 Å². The molecule has 0 aromatic carbocycles. The van der Waals surface area contributed by atoms with E-state index < -0.39 is 12.0 Å². The van der Waals surface area contributed by atoms with E-state index in [1.165, 1.54) is 0 Å². The minimum atomic E-state index is -1.00. The molecule has 0 spiro atoms. The molecule has 0 aromatic rings. The number of hydrogen-bond acceptors (Lipinski definition) is 3. The highest BCUT2D eigenvalue weighted by molar-refractivity contribution is 7.96. The van der Waals surface area contributed by atoms with Gasteiger partial charge in [0.05, 0.1) is 6.26 Å². The van der Waals surface area contributed by atoms with Crippen LogP contribution in [0.25, 0.3) is 0 Å². The summed E-state index contributed by atoms with van der Waals surface area (Å²) in [5, 5.41) is 8.46. The monoisotopic (exact) mass is 207 g/mol. The van der Waals surface area contributed by atoms with E-state index in [0.29, 0.717) is 17.9 Å². The molecule has 0 heterocycles. The first-order valence-corrected chi connectivity index (χ1v) is 5.76. The number of aliphatic carboxylic acids is 1. The van der Waals surface area contributed by atoms with Crippen molar-refractivity contribution in [2.75, 3.05) is 17.8 Å². The van der Waals surface area contributed by atoms with Crippen molar-refractivity contribution in [3.05, 3.63) is 0 Å². The van der Waals surface area contributed by atoms with Crippen molar-refractivity contribution in [1.82, 2.24) is 0 Å². The molecule has 2 atom stereocenters. The third-order valence-electron chi connectivity index (χ3n) is 1.48. The summed E-state index contributed by atoms with van der Waals surface area (Å²) in [5.74, 6) is -0.409. The van der Waals surface area contributed by atoms with Crippen LogP contribution >= 0.6 is 0 Å². The van der Waals surface area contributed by atoms with Crippen LogP contribution < -0.4 is 11.5 Å². The molecule has 13 heavy (non-hydrogen) atoms. The fourth-order valence-corrected chi connectivity index (χ4v) is 2.05. The van der Waals surface area contributed by atoms with Crippen molar-refractivity contribution in [3.63, 3.8) is 0 Å². The Morgan fingerprint density at radius 3 is 2.46 bits per heavy atom. The summed E-state index contributed by atoms with van der Waals surface area (Å²) in [6.45, 7) is 0. The van der Waals surface area contributed by atoms with Gasteiger partial charge in [-0.05, 0) is 10.9 Å². The Morgan fingerprint density at radius 1 is 1.54 bits per heavy atom. The number of primary amides is 1. The lowest BCUT2D eigenvalue weighted by Gasteiger charge is -2.04. The maximum absolute atomic E-state index is 10.5. The summed E-state index contributed by atoms with van der Waals surface area (Å²) in [5.41, 5.74) is 10.3. The lowest BCUT2D eigenvalue weighted by atomic mass is 10.2. The van der Waals surface area contributed by atoms with Gasteiger partial charge in [0, 0.05) is 6.42 Å². The third-order valence-corrected chi connectivity index (χ3v) is 3.19. The zero-order valence-electron chi connectivity index (χ0n) is 7.53. The van der Waals surface area contributed by atoms with E-state index in [4.69, 9.17) is 16.6 Å². The summed E-state index contributed by atoms with van der Waals surface area (Å²) in [4.78, 5) is 20.8. The Morgan fingerprint density at radius 2 is 2.08 bits per heavy atom. The van der Waals surface area contributed by atoms with Gasteiger partial charge in [0.15, 0.2) is 5.75 Å². The van der Waals surface area contributed by atoms with Crippen LogP contribution in [0.15, 0.2) is 0 Å². The molecule has 0 aromatic heterocycles. The van der Waals surface area contributed by atoms with Crippen LogP contribution in [0.3, 0.4) is 0 Å². The zero-order chi connectivity index (χ0) is 10.4. The first-order chi connectivity index (χ1) is 5.93. The number of carbonyl (C=O) groups is 2. The van der Waals surface area contributed by atoms with Crippen molar-refractivity contribution in [1.29, 1.82) is 0 Å². The molecule has 0 saturated carbocycles. The number of nitrogens with two attached hydrogens (primary N) is 2. The molecule has 0 aliphatic rings. The number of carboxylic acids is 1. The van der Waals surface area contributed by atoms with E-state index in [2.05, 4.69) is 0 Å². The number of carboxylic acid groups (broad SMARTS) is 1. The van der Waals surface area contributed by atoms with Gasteiger partial charge >= 0.3 is 5.97 Å². The highest BCUT2D eigenvalue weighted by Crippen LogP contribution is 1.97. The summed E-state index contributed by atoms with van der Waals surface area (Å²) in [7, 11) is -0.155. The van der Waals surface area contributed by atoms with Crippen LogP contribution in [0.1, 0.15) is 6.42 Å². The van der Waals surface area contributed by atoms with Crippen LogP contribution in [0.5, 0.6) is 0 Å². The number of rotatable bonds is 6. The molecule has 0 fully saturated rings. The minimum absolute atomic E-state index is 0.155. The molecule has 0 radical (unpaired) electrons. The van der Waals surface area contributed by atoms with E-state index in [9.17, 15) is 9.59 Å². The second-order valence-electron chi connectivity index (χ2n) is 2.83. The van der Waals surface area contributed by atoms with Crippen LogP contribution in [-0.4, -0.2) is 40.8 Å². The maximum Gasteiger partial charge on any atom is 0.320 e. The quantitative estimate of drug-likeness (QED) is 0.462. The number of amides is 1. The molecule has 0 rings (SSSR count). The zero-order valence-corrected chi connectivity index (χ0v) is 8.34. The van der Waals surface area contributed by atoms with Crippen LogP contribution in [-0.2, 0) is 20.5 Å². The largest absolute Gasteiger partial charge is 0.480 e. The van der Waals surface area contributed by atoms with Crippen molar-refractivity contribution in [3.8, 4) is 0 Å². The smallest absolute Gasteiger partial charge is 0.320 e. The van der Waals surface area contributed by atoms with E-state index in [1.54, 1.807) is 0 Å². The van der Waals surface area contributed by atoms with Gasteiger partial charge < -0.3 is 16.6 Å². The molecule has 0 aliphatic carbocycles. The Hall–Kier alpha value is -0.750. The minimum Gasteiger partial charge on any atom is -0.480 e. The van der Waals surface area contributed by atoms with Gasteiger partial charge in [-0.1, -0.05) is 0 Å². The topological polar surface area (TPSA) is 106 Å². The SMILES string of the molecule is C[S+](CC[C@H](N)C(=O)O)CC(N)=O. The van der Waals surface area contributed by atoms with Crippen molar-refractivity contribution in [2.45, 2.75) is 12.5 Å². The van der Waals surface area contributed by atoms with Crippen LogP contribution in [0.4, 0.5) is 0 Å². The molecule has 1 unspecified atom stereocenters. The van der Waals surface area contributed by atoms with Gasteiger partial charge in [-0.15, -0.1) is 0 Å². The summed E-state index contributed by atoms with van der Waals surface area (Å²) in [6.07, 6.45) is 2.27. The second kappa shape index (κ2) is 5.82. The molecular formula is C7H15N2O3S+. The molecule has 0 bridgehead atoms. The molecule has 6 heteroatoms. The van der Waals surface area contributed by atoms with Gasteiger partial charge in [0.1, 0.15) is 11.8 Å². The fraction of sp³-hybridized carbons (Fsp3) is 0.714. The lowest BCUT2D eigenvalue weighted by Crippen LogP contribution is -2.33. The molecule has 0 aliphatic heterocycles. The second-order valence-corrected chi connectivity index (χ2v) is 5.09. The third kappa shape index (κ3) is 6.41. The Balaban J connectivity index is 3.63. The van der Waals surface area contributed by atoms with Crippen LogP contribution in [0, 0.1) is 0 Å². The van der Waals surface area contributed by atoms with E-state index in [-0.39, 0.29) is 16.8 Å². The van der Waals surface area contributed by atoms with Crippen LogP contribution in [0.2, 0.25) is 0 Å². The van der Waals surface area contributed by atoms with E-state index in [0.717, 1.165) is 0 Å². The van der Waals surface area contributed by atoms with Gasteiger partial charge in [-0.25, -0.2) is 0 Å². The fourth-order valence-electron chi connectivity index (χ4n) is 0.767. The lowest BCUT2D eigenvalue weighted by molar-refractivity contribution is -0.138. The Kier molecular flexibility index (Phi) is 5.48. The van der Waals surface area contributed by atoms with E-state index >= 15 is 0 Å². The highest BCUT2D eigenvalue weighted by atomic mass is 32.2. The first kappa shape index (κ1) is 12.2. The average Bonchev–Trinajstić information content (AvgIpc) is 1.98. The van der Waals surface area contributed by atoms with Gasteiger partial charge in [-0.3, -0.25) is 9.59 Å². The Bertz CT molecular complexity index is 198. The number of carbonyl (C=O) groups excluding carboxylic acids is 1. The van der Waals surface area contributed by atoms with Crippen molar-refractivity contribution >= 4 is 22.8 Å². The van der Waals surface area contributed by atoms with Gasteiger partial charge in [0.25, 0.3) is 5.91 Å². The average molecular weight is 207 g/mol. The van der Waals surface area contributed by atoms with Gasteiger partial charge in [-0.2, -0.15) is 0 Å². The number of hydrogen-bond donors (Lipinski definition) is 3. The maximum atomic E-state index is 10.5. The normalized spacial score (nSPS) is 14.9. The predicted molar refractivity (Wildman–Crippen MR) is 52.4 cm³/mol. The Labute approximate surface area is 79.8 Å². The first-order valence-electron chi connectivity index (χ1n) is 3.79. The summed E-state index contributed by atoms with van der Waals surface area (Å²) < 4.78 is 0. The van der Waals surface area contributed by atoms with Gasteiger partial charge in [0.2, 0.25) is 0 Å². The summed E-state index contributed by atoms with van der Waals surface area (Å²) in [6, 6.07) is -0.831. The molecule has 76 valence electrons. The van der Waals surface area contributed by atoms with Crippen molar-refractivity contribution < 1.29 is 14.7 Å². The molecule has 5 N–H and O–H groups in total. The molecule has 1 amide bonds. The standard InChI is InChI=1S/C7H14N2O3S/c1-13(4-6(9)10)3-2-5(8)7(11)12/h5H,2-4,8H2,1H3,(H2-,9,10,11,12)/p+1/t5-,13?/m0/s1. The molecule has 5 nitrogen and oxygen atoms in total.